The number of hydrogen-bond donors (Lipinski definition) is 0. The maximum absolute atomic E-state index is 12.4. The zero-order chi connectivity index (χ0) is 17.9. The molecule has 2 aliphatic rings. The predicted octanol–water partition coefficient (Wildman–Crippen LogP) is 3.23. The quantitative estimate of drug-likeness (QED) is 0.843. The molecular weight excluding hydrogens is 330 g/mol. The molecule has 0 saturated carbocycles. The first-order valence-corrected chi connectivity index (χ1v) is 9.63. The smallest absolute Gasteiger partial charge is 0.257 e. The van der Waals surface area contributed by atoms with Gasteiger partial charge in [0.05, 0.1) is 11.8 Å². The molecule has 0 aromatic carbocycles. The third-order valence-corrected chi connectivity index (χ3v) is 5.78. The molecule has 1 amide bonds. The highest BCUT2D eigenvalue weighted by Crippen LogP contribution is 2.29. The lowest BCUT2D eigenvalue weighted by Crippen LogP contribution is -2.39. The summed E-state index contributed by atoms with van der Waals surface area (Å²) in [4.78, 5) is 19.1. The molecule has 2 aromatic heterocycles. The third kappa shape index (κ3) is 3.56. The molecule has 0 unspecified atom stereocenters. The fourth-order valence-electron chi connectivity index (χ4n) is 4.14. The second kappa shape index (κ2) is 7.66. The van der Waals surface area contributed by atoms with Gasteiger partial charge in [0.1, 0.15) is 12.1 Å². The maximum atomic E-state index is 12.4. The van der Waals surface area contributed by atoms with Gasteiger partial charge in [-0.3, -0.25) is 4.79 Å². The van der Waals surface area contributed by atoms with Crippen molar-refractivity contribution < 1.29 is 13.9 Å². The average molecular weight is 357 g/mol. The minimum absolute atomic E-state index is 0.0823. The van der Waals surface area contributed by atoms with Gasteiger partial charge in [-0.2, -0.15) is 0 Å². The van der Waals surface area contributed by atoms with Crippen LogP contribution in [-0.4, -0.2) is 46.7 Å². The van der Waals surface area contributed by atoms with Crippen LogP contribution in [0, 0.1) is 12.8 Å². The Kier molecular flexibility index (Phi) is 5.11. The molecule has 140 valence electrons. The monoisotopic (exact) mass is 357 g/mol. The molecule has 2 saturated heterocycles. The van der Waals surface area contributed by atoms with Gasteiger partial charge in [0, 0.05) is 50.7 Å². The molecule has 0 spiro atoms. The van der Waals surface area contributed by atoms with Gasteiger partial charge in [-0.25, -0.2) is 4.98 Å². The summed E-state index contributed by atoms with van der Waals surface area (Å²) in [6, 6.07) is 1.74. The second-order valence-corrected chi connectivity index (χ2v) is 7.50. The Labute approximate surface area is 154 Å². The maximum Gasteiger partial charge on any atom is 0.257 e. The number of imidazole rings is 1. The van der Waals surface area contributed by atoms with Gasteiger partial charge in [-0.15, -0.1) is 0 Å². The molecule has 4 rings (SSSR count). The van der Waals surface area contributed by atoms with Crippen molar-refractivity contribution in [2.75, 3.05) is 26.3 Å². The van der Waals surface area contributed by atoms with Crippen molar-refractivity contribution in [3.05, 3.63) is 41.9 Å². The van der Waals surface area contributed by atoms with E-state index in [1.807, 2.05) is 11.1 Å². The van der Waals surface area contributed by atoms with Gasteiger partial charge < -0.3 is 18.6 Å². The van der Waals surface area contributed by atoms with E-state index in [4.69, 9.17) is 14.1 Å². The van der Waals surface area contributed by atoms with E-state index in [0.717, 1.165) is 58.5 Å². The van der Waals surface area contributed by atoms with Crippen LogP contribution in [0.5, 0.6) is 0 Å². The van der Waals surface area contributed by atoms with Crippen molar-refractivity contribution in [3.63, 3.8) is 0 Å². The Morgan fingerprint density at radius 2 is 2.00 bits per heavy atom. The highest BCUT2D eigenvalue weighted by Gasteiger charge is 2.27. The molecule has 2 aromatic rings. The Morgan fingerprint density at radius 3 is 2.69 bits per heavy atom. The summed E-state index contributed by atoms with van der Waals surface area (Å²) in [6.45, 7) is 6.46. The van der Waals surface area contributed by atoms with E-state index in [0.29, 0.717) is 17.4 Å². The summed E-state index contributed by atoms with van der Waals surface area (Å²) < 4.78 is 12.9. The molecular formula is C20H27N3O3. The van der Waals surface area contributed by atoms with Crippen LogP contribution in [0.15, 0.2) is 29.2 Å². The van der Waals surface area contributed by atoms with Crippen molar-refractivity contribution in [2.45, 2.75) is 45.1 Å². The van der Waals surface area contributed by atoms with Crippen LogP contribution in [0.25, 0.3) is 0 Å². The van der Waals surface area contributed by atoms with Gasteiger partial charge in [0.2, 0.25) is 0 Å². The molecule has 2 fully saturated rings. The summed E-state index contributed by atoms with van der Waals surface area (Å²) in [7, 11) is 0. The summed E-state index contributed by atoms with van der Waals surface area (Å²) in [5.74, 6) is 2.41. The molecule has 4 heterocycles. The number of rotatable bonds is 4. The fourth-order valence-corrected chi connectivity index (χ4v) is 4.14. The number of ether oxygens (including phenoxy) is 1. The minimum Gasteiger partial charge on any atom is -0.472 e. The average Bonchev–Trinajstić information content (AvgIpc) is 3.34. The van der Waals surface area contributed by atoms with Crippen LogP contribution in [0.3, 0.4) is 0 Å². The van der Waals surface area contributed by atoms with Crippen LogP contribution in [0.2, 0.25) is 0 Å². The van der Waals surface area contributed by atoms with Crippen LogP contribution in [0.4, 0.5) is 0 Å². The van der Waals surface area contributed by atoms with Crippen LogP contribution in [0.1, 0.15) is 53.5 Å². The molecule has 0 aliphatic carbocycles. The summed E-state index contributed by atoms with van der Waals surface area (Å²) in [6.07, 6.45) is 9.29. The highest BCUT2D eigenvalue weighted by atomic mass is 16.5. The van der Waals surface area contributed by atoms with E-state index in [9.17, 15) is 4.79 Å². The summed E-state index contributed by atoms with van der Waals surface area (Å²) in [5.41, 5.74) is 1.89. The lowest BCUT2D eigenvalue weighted by molar-refractivity contribution is 0.0679. The zero-order valence-electron chi connectivity index (χ0n) is 15.4. The molecule has 0 bridgehead atoms. The first-order valence-electron chi connectivity index (χ1n) is 9.63. The largest absolute Gasteiger partial charge is 0.472 e. The van der Waals surface area contributed by atoms with Gasteiger partial charge in [0.25, 0.3) is 5.91 Å². The van der Waals surface area contributed by atoms with Crippen molar-refractivity contribution in [2.24, 2.45) is 5.92 Å². The van der Waals surface area contributed by atoms with E-state index in [1.54, 1.807) is 12.3 Å². The third-order valence-electron chi connectivity index (χ3n) is 5.78. The first-order chi connectivity index (χ1) is 12.7. The van der Waals surface area contributed by atoms with Crippen molar-refractivity contribution in [1.82, 2.24) is 14.5 Å². The number of nitrogens with zero attached hydrogens (tertiary/aromatic N) is 3. The Morgan fingerprint density at radius 1 is 1.23 bits per heavy atom. The first kappa shape index (κ1) is 17.3. The molecule has 2 aliphatic heterocycles. The number of carbonyl (C=O) groups excluding carboxylic acids is 1. The molecule has 0 radical (unpaired) electrons. The molecule has 6 nitrogen and oxygen atoms in total. The summed E-state index contributed by atoms with van der Waals surface area (Å²) >= 11 is 0. The van der Waals surface area contributed by atoms with E-state index < -0.39 is 0 Å². The lowest BCUT2D eigenvalue weighted by atomic mass is 9.95. The van der Waals surface area contributed by atoms with Gasteiger partial charge in [-0.1, -0.05) is 0 Å². The van der Waals surface area contributed by atoms with E-state index in [-0.39, 0.29) is 5.91 Å². The van der Waals surface area contributed by atoms with Crippen molar-refractivity contribution in [3.8, 4) is 0 Å². The van der Waals surface area contributed by atoms with Crippen molar-refractivity contribution >= 4 is 5.91 Å². The van der Waals surface area contributed by atoms with Gasteiger partial charge in [-0.05, 0) is 44.6 Å². The van der Waals surface area contributed by atoms with E-state index >= 15 is 0 Å². The van der Waals surface area contributed by atoms with E-state index in [1.165, 1.54) is 17.8 Å². The number of likely N-dealkylation sites (tertiary alicyclic amines) is 1. The standard InChI is InChI=1S/C20H27N3O3/c1-15-12-21-19(17-4-9-25-10-5-17)23(15)13-16-2-7-22(8-3-16)20(24)18-6-11-26-14-18/h6,11-12,14,16-17H,2-5,7-10,13H2,1H3. The summed E-state index contributed by atoms with van der Waals surface area (Å²) in [5, 5.41) is 0. The topological polar surface area (TPSA) is 60.5 Å². The van der Waals surface area contributed by atoms with Crippen LogP contribution >= 0.6 is 0 Å². The second-order valence-electron chi connectivity index (χ2n) is 7.50. The number of hydrogen-bond acceptors (Lipinski definition) is 4. The number of aromatic nitrogens is 2. The fraction of sp³-hybridized carbons (Fsp3) is 0.600. The number of amides is 1. The number of furan rings is 1. The number of aryl methyl sites for hydroxylation is 1. The number of carbonyl (C=O) groups is 1. The molecule has 0 N–H and O–H groups in total. The minimum atomic E-state index is 0.0823. The van der Waals surface area contributed by atoms with Gasteiger partial charge >= 0.3 is 0 Å². The van der Waals surface area contributed by atoms with E-state index in [2.05, 4.69) is 11.5 Å². The molecule has 6 heteroatoms. The Hall–Kier alpha value is -2.08. The Balaban J connectivity index is 1.37. The van der Waals surface area contributed by atoms with Crippen molar-refractivity contribution in [1.29, 1.82) is 0 Å². The highest BCUT2D eigenvalue weighted by molar-refractivity contribution is 5.93. The molecule has 0 atom stereocenters. The van der Waals surface area contributed by atoms with Crippen LogP contribution in [-0.2, 0) is 11.3 Å². The lowest BCUT2D eigenvalue weighted by Gasteiger charge is -2.33. The van der Waals surface area contributed by atoms with Gasteiger partial charge in [0.15, 0.2) is 0 Å². The SMILES string of the molecule is Cc1cnc(C2CCOCC2)n1CC1CCN(C(=O)c2ccoc2)CC1. The Bertz CT molecular complexity index is 724. The molecule has 26 heavy (non-hydrogen) atoms. The predicted molar refractivity (Wildman–Crippen MR) is 97.1 cm³/mol. The zero-order valence-corrected chi connectivity index (χ0v) is 15.4. The number of piperidine rings is 1. The van der Waals surface area contributed by atoms with Crippen LogP contribution < -0.4 is 0 Å². The normalized spacial score (nSPS) is 19.8.